The first-order valence-electron chi connectivity index (χ1n) is 11.2. The Balaban J connectivity index is 1.52. The van der Waals surface area contributed by atoms with Crippen molar-refractivity contribution < 1.29 is 24.5 Å². The highest BCUT2D eigenvalue weighted by Crippen LogP contribution is 2.37. The molecular formula is C25H32O5S2. The minimum Gasteiger partial charge on any atom is -0.459 e. The number of rotatable bonds is 11. The SMILES string of the molecule is CC(C)c1cccc(SC[C@H]2C(O)CC(=O)[C@@H]2CCCc2ccc(C(=O)OCCO)s2)c1. The summed E-state index contributed by atoms with van der Waals surface area (Å²) in [6.45, 7) is 4.16. The van der Waals surface area contributed by atoms with E-state index in [4.69, 9.17) is 9.84 Å². The molecule has 2 aromatic rings. The van der Waals surface area contributed by atoms with Crippen LogP contribution in [0.25, 0.3) is 0 Å². The summed E-state index contributed by atoms with van der Waals surface area (Å²) < 4.78 is 4.95. The number of thiophene rings is 1. The highest BCUT2D eigenvalue weighted by molar-refractivity contribution is 7.99. The number of esters is 1. The third-order valence-corrected chi connectivity index (χ3v) is 8.19. The van der Waals surface area contributed by atoms with Gasteiger partial charge in [-0.05, 0) is 55.0 Å². The van der Waals surface area contributed by atoms with Crippen molar-refractivity contribution >= 4 is 34.9 Å². The molecule has 32 heavy (non-hydrogen) atoms. The van der Waals surface area contributed by atoms with Crippen LogP contribution in [0, 0.1) is 11.8 Å². The average molecular weight is 477 g/mol. The van der Waals surface area contributed by atoms with E-state index in [1.807, 2.05) is 6.07 Å². The molecule has 0 aliphatic heterocycles. The van der Waals surface area contributed by atoms with Gasteiger partial charge in [0.15, 0.2) is 0 Å². The number of Topliss-reactive ketones (excluding diaryl/α,β-unsaturated/α-hetero) is 1. The fourth-order valence-electron chi connectivity index (χ4n) is 4.10. The zero-order valence-corrected chi connectivity index (χ0v) is 20.3. The minimum atomic E-state index is -0.567. The van der Waals surface area contributed by atoms with Crippen LogP contribution in [0.1, 0.15) is 59.1 Å². The lowest BCUT2D eigenvalue weighted by Crippen LogP contribution is -2.23. The number of carbonyl (C=O) groups is 2. The molecule has 7 heteroatoms. The molecule has 1 fully saturated rings. The van der Waals surface area contributed by atoms with Crippen molar-refractivity contribution in [3.63, 3.8) is 0 Å². The van der Waals surface area contributed by atoms with E-state index in [1.165, 1.54) is 21.8 Å². The van der Waals surface area contributed by atoms with Gasteiger partial charge in [-0.15, -0.1) is 23.1 Å². The maximum Gasteiger partial charge on any atom is 0.348 e. The van der Waals surface area contributed by atoms with Gasteiger partial charge in [-0.25, -0.2) is 4.79 Å². The number of benzene rings is 1. The minimum absolute atomic E-state index is 0.000646. The molecule has 0 radical (unpaired) electrons. The molecule has 1 aromatic heterocycles. The quantitative estimate of drug-likeness (QED) is 0.361. The topological polar surface area (TPSA) is 83.8 Å². The zero-order chi connectivity index (χ0) is 23.1. The summed E-state index contributed by atoms with van der Waals surface area (Å²) in [6, 6.07) is 12.2. The maximum atomic E-state index is 12.5. The van der Waals surface area contributed by atoms with Gasteiger partial charge in [0.05, 0.1) is 12.7 Å². The van der Waals surface area contributed by atoms with Gasteiger partial charge >= 0.3 is 5.97 Å². The predicted molar refractivity (Wildman–Crippen MR) is 128 cm³/mol. The number of aliphatic hydroxyl groups is 2. The summed E-state index contributed by atoms with van der Waals surface area (Å²) in [5, 5.41) is 19.3. The number of thioether (sulfide) groups is 1. The first kappa shape index (κ1) is 25.0. The van der Waals surface area contributed by atoms with Crippen LogP contribution in [0.4, 0.5) is 0 Å². The molecular weight excluding hydrogens is 444 g/mol. The van der Waals surface area contributed by atoms with Gasteiger partial charge in [-0.2, -0.15) is 0 Å². The average Bonchev–Trinajstić information content (AvgIpc) is 3.35. The molecule has 0 amide bonds. The molecule has 0 bridgehead atoms. The number of carbonyl (C=O) groups excluding carboxylic acids is 2. The van der Waals surface area contributed by atoms with Crippen molar-refractivity contribution in [3.8, 4) is 0 Å². The number of hydrogen-bond donors (Lipinski definition) is 2. The Morgan fingerprint density at radius 1 is 1.28 bits per heavy atom. The van der Waals surface area contributed by atoms with Crippen LogP contribution in [-0.4, -0.2) is 47.0 Å². The van der Waals surface area contributed by atoms with Gasteiger partial charge in [-0.3, -0.25) is 4.79 Å². The Morgan fingerprint density at radius 3 is 2.84 bits per heavy atom. The molecule has 3 rings (SSSR count). The second-order valence-electron chi connectivity index (χ2n) is 8.56. The number of ketones is 1. The summed E-state index contributed by atoms with van der Waals surface area (Å²) in [5.74, 6) is 0.818. The molecule has 1 aliphatic carbocycles. The van der Waals surface area contributed by atoms with Crippen LogP contribution in [0.3, 0.4) is 0 Å². The standard InChI is InChI=1S/C25H32O5S2/c1-16(2)17-5-3-7-19(13-17)31-15-21-20(22(27)14-23(21)28)8-4-6-18-9-10-24(32-18)25(29)30-12-11-26/h3,5,7,9-10,13,16,20-21,23,26,28H,4,6,8,11-12,14-15H2,1-2H3/t20-,21-,23?/m1/s1. The highest BCUT2D eigenvalue weighted by atomic mass is 32.2. The third kappa shape index (κ3) is 6.67. The van der Waals surface area contributed by atoms with E-state index in [0.717, 1.165) is 29.9 Å². The van der Waals surface area contributed by atoms with E-state index < -0.39 is 12.1 Å². The van der Waals surface area contributed by atoms with Crippen molar-refractivity contribution in [2.24, 2.45) is 11.8 Å². The molecule has 174 valence electrons. The molecule has 1 saturated carbocycles. The largest absolute Gasteiger partial charge is 0.459 e. The number of aliphatic hydroxyl groups excluding tert-OH is 2. The smallest absolute Gasteiger partial charge is 0.348 e. The predicted octanol–water partition coefficient (Wildman–Crippen LogP) is 4.70. The molecule has 1 aliphatic rings. The van der Waals surface area contributed by atoms with Gasteiger partial charge in [0.1, 0.15) is 17.3 Å². The maximum absolute atomic E-state index is 12.5. The van der Waals surface area contributed by atoms with Crippen LogP contribution in [-0.2, 0) is 16.0 Å². The number of hydrogen-bond acceptors (Lipinski definition) is 7. The van der Waals surface area contributed by atoms with Gasteiger partial charge in [0, 0.05) is 33.8 Å². The summed E-state index contributed by atoms with van der Waals surface area (Å²) in [4.78, 5) is 27.2. The van der Waals surface area contributed by atoms with Crippen molar-refractivity contribution in [2.75, 3.05) is 19.0 Å². The van der Waals surface area contributed by atoms with E-state index >= 15 is 0 Å². The molecule has 0 saturated heterocycles. The Hall–Kier alpha value is -1.67. The molecule has 5 nitrogen and oxygen atoms in total. The first-order chi connectivity index (χ1) is 15.4. The molecule has 2 N–H and O–H groups in total. The summed E-state index contributed by atoms with van der Waals surface area (Å²) in [6.07, 6.45) is 2.05. The van der Waals surface area contributed by atoms with Gasteiger partial charge in [0.25, 0.3) is 0 Å². The lowest BCUT2D eigenvalue weighted by atomic mass is 9.91. The van der Waals surface area contributed by atoms with Gasteiger partial charge < -0.3 is 14.9 Å². The lowest BCUT2D eigenvalue weighted by Gasteiger charge is -2.21. The number of aryl methyl sites for hydroxylation is 1. The Bertz CT molecular complexity index is 907. The van der Waals surface area contributed by atoms with E-state index in [9.17, 15) is 14.7 Å². The van der Waals surface area contributed by atoms with Crippen LogP contribution < -0.4 is 0 Å². The van der Waals surface area contributed by atoms with Crippen molar-refractivity contribution in [1.82, 2.24) is 0 Å². The Kier molecular flexibility index (Phi) is 9.34. The molecule has 3 atom stereocenters. The van der Waals surface area contributed by atoms with Crippen LogP contribution >= 0.6 is 23.1 Å². The fourth-order valence-corrected chi connectivity index (χ4v) is 6.28. The molecule has 1 unspecified atom stereocenters. The normalized spacial score (nSPS) is 20.8. The summed E-state index contributed by atoms with van der Waals surface area (Å²) in [7, 11) is 0. The number of ether oxygens (including phenoxy) is 1. The van der Waals surface area contributed by atoms with Crippen molar-refractivity contribution in [1.29, 1.82) is 0 Å². The van der Waals surface area contributed by atoms with Crippen molar-refractivity contribution in [2.45, 2.75) is 56.4 Å². The highest BCUT2D eigenvalue weighted by Gasteiger charge is 2.40. The third-order valence-electron chi connectivity index (χ3n) is 5.93. The molecule has 0 spiro atoms. The van der Waals surface area contributed by atoms with Crippen LogP contribution in [0.5, 0.6) is 0 Å². The van der Waals surface area contributed by atoms with Crippen LogP contribution in [0.2, 0.25) is 0 Å². The van der Waals surface area contributed by atoms with Crippen molar-refractivity contribution in [3.05, 3.63) is 51.7 Å². The van der Waals surface area contributed by atoms with Gasteiger partial charge in [0.2, 0.25) is 0 Å². The van der Waals surface area contributed by atoms with Gasteiger partial charge in [-0.1, -0.05) is 26.0 Å². The van der Waals surface area contributed by atoms with E-state index in [0.29, 0.717) is 10.8 Å². The summed E-state index contributed by atoms with van der Waals surface area (Å²) in [5.41, 5.74) is 1.30. The molecule has 1 heterocycles. The first-order valence-corrected chi connectivity index (χ1v) is 13.0. The lowest BCUT2D eigenvalue weighted by molar-refractivity contribution is -0.121. The van der Waals surface area contributed by atoms with E-state index in [2.05, 4.69) is 38.1 Å². The second-order valence-corrected chi connectivity index (χ2v) is 10.8. The van der Waals surface area contributed by atoms with E-state index in [-0.39, 0.29) is 37.3 Å². The van der Waals surface area contributed by atoms with E-state index in [1.54, 1.807) is 17.8 Å². The summed E-state index contributed by atoms with van der Waals surface area (Å²) >= 11 is 3.11. The fraction of sp³-hybridized carbons (Fsp3) is 0.520. The zero-order valence-electron chi connectivity index (χ0n) is 18.7. The Morgan fingerprint density at radius 2 is 2.09 bits per heavy atom. The Labute approximate surface area is 198 Å². The monoisotopic (exact) mass is 476 g/mol. The molecule has 1 aromatic carbocycles. The second kappa shape index (κ2) is 12.0. The van der Waals surface area contributed by atoms with Crippen LogP contribution in [0.15, 0.2) is 41.3 Å².